The van der Waals surface area contributed by atoms with Crippen LogP contribution in [-0.2, 0) is 11.2 Å². The molecule has 2 amide bonds. The maximum absolute atomic E-state index is 13.5. The molecule has 1 saturated heterocycles. The molecular formula is C32H40N4O3. The second kappa shape index (κ2) is 13.9. The lowest BCUT2D eigenvalue weighted by Gasteiger charge is -2.26. The van der Waals surface area contributed by atoms with Crippen molar-refractivity contribution in [1.82, 2.24) is 10.6 Å². The van der Waals surface area contributed by atoms with Gasteiger partial charge in [0.25, 0.3) is 5.91 Å². The highest BCUT2D eigenvalue weighted by molar-refractivity contribution is 6.00. The normalized spacial score (nSPS) is 15.6. The third kappa shape index (κ3) is 7.91. The minimum Gasteiger partial charge on any atom is -0.390 e. The molecule has 1 unspecified atom stereocenters. The lowest BCUT2D eigenvalue weighted by Crippen LogP contribution is -2.49. The van der Waals surface area contributed by atoms with Crippen LogP contribution >= 0.6 is 0 Å². The first kappa shape index (κ1) is 28.3. The van der Waals surface area contributed by atoms with Gasteiger partial charge < -0.3 is 26.0 Å². The van der Waals surface area contributed by atoms with E-state index in [1.165, 1.54) is 5.56 Å². The lowest BCUT2D eigenvalue weighted by molar-refractivity contribution is -0.117. The van der Waals surface area contributed by atoms with E-state index >= 15 is 0 Å². The highest BCUT2D eigenvalue weighted by Gasteiger charge is 2.26. The summed E-state index contributed by atoms with van der Waals surface area (Å²) >= 11 is 0. The fourth-order valence-corrected chi connectivity index (χ4v) is 5.02. The van der Waals surface area contributed by atoms with Crippen LogP contribution in [0, 0.1) is 0 Å². The Bertz CT molecular complexity index is 1220. The van der Waals surface area contributed by atoms with Crippen molar-refractivity contribution < 1.29 is 14.7 Å². The minimum absolute atomic E-state index is 0.0724. The molecule has 0 saturated carbocycles. The number of aliphatic hydroxyl groups is 1. The third-order valence-corrected chi connectivity index (χ3v) is 7.20. The van der Waals surface area contributed by atoms with Gasteiger partial charge in [-0.05, 0) is 55.0 Å². The van der Waals surface area contributed by atoms with Crippen molar-refractivity contribution in [3.05, 3.63) is 95.6 Å². The van der Waals surface area contributed by atoms with Gasteiger partial charge >= 0.3 is 0 Å². The number of aliphatic hydroxyl groups excluding tert-OH is 1. The highest BCUT2D eigenvalue weighted by Crippen LogP contribution is 2.27. The second-order valence-corrected chi connectivity index (χ2v) is 10.3. The Labute approximate surface area is 231 Å². The van der Waals surface area contributed by atoms with Crippen molar-refractivity contribution in [2.45, 2.75) is 51.2 Å². The van der Waals surface area contributed by atoms with Crippen LogP contribution in [-0.4, -0.2) is 55.2 Å². The Morgan fingerprint density at radius 1 is 1.00 bits per heavy atom. The first-order valence-corrected chi connectivity index (χ1v) is 13.9. The third-order valence-electron chi connectivity index (χ3n) is 7.20. The summed E-state index contributed by atoms with van der Waals surface area (Å²) in [7, 11) is 0. The van der Waals surface area contributed by atoms with Crippen molar-refractivity contribution >= 4 is 23.2 Å². The number of carbonyl (C=O) groups excluding carboxylic acids is 2. The first-order chi connectivity index (χ1) is 18.9. The van der Waals surface area contributed by atoms with Gasteiger partial charge in [0.15, 0.2) is 0 Å². The van der Waals surface area contributed by atoms with Gasteiger partial charge in [-0.1, -0.05) is 67.6 Å². The van der Waals surface area contributed by atoms with Gasteiger partial charge in [-0.3, -0.25) is 9.59 Å². The molecular weight excluding hydrogens is 488 g/mol. The molecule has 3 atom stereocenters. The predicted octanol–water partition coefficient (Wildman–Crippen LogP) is 4.34. The largest absolute Gasteiger partial charge is 0.390 e. The molecule has 0 spiro atoms. The van der Waals surface area contributed by atoms with E-state index in [0.717, 1.165) is 23.4 Å². The predicted molar refractivity (Wildman–Crippen MR) is 157 cm³/mol. The molecule has 0 radical (unpaired) electrons. The summed E-state index contributed by atoms with van der Waals surface area (Å²) in [6.45, 7) is 6.55. The van der Waals surface area contributed by atoms with E-state index in [1.54, 1.807) is 17.0 Å². The average Bonchev–Trinajstić information content (AvgIpc) is 3.39. The summed E-state index contributed by atoms with van der Waals surface area (Å²) < 4.78 is 0. The molecule has 3 aromatic carbocycles. The van der Waals surface area contributed by atoms with Crippen molar-refractivity contribution in [3.63, 3.8) is 0 Å². The SMILES string of the molecule is CCNc1cc(C(=O)N[C@@H](Cc2ccccc2)[C@@H](O)CNCC(C)c2ccccc2)cc(N2CCCC2=O)c1. The van der Waals surface area contributed by atoms with Gasteiger partial charge in [0, 0.05) is 49.5 Å². The average molecular weight is 529 g/mol. The van der Waals surface area contributed by atoms with Gasteiger partial charge in [0.1, 0.15) is 0 Å². The van der Waals surface area contributed by atoms with Crippen molar-refractivity contribution in [2.75, 3.05) is 36.4 Å². The van der Waals surface area contributed by atoms with E-state index in [-0.39, 0.29) is 11.8 Å². The molecule has 7 nitrogen and oxygen atoms in total. The van der Waals surface area contributed by atoms with Crippen molar-refractivity contribution in [3.8, 4) is 0 Å². The lowest BCUT2D eigenvalue weighted by atomic mass is 9.99. The Hall–Kier alpha value is -3.68. The maximum Gasteiger partial charge on any atom is 0.251 e. The molecule has 0 aromatic heterocycles. The molecule has 1 aliphatic rings. The minimum atomic E-state index is -0.797. The zero-order valence-corrected chi connectivity index (χ0v) is 22.9. The van der Waals surface area contributed by atoms with E-state index in [4.69, 9.17) is 0 Å². The van der Waals surface area contributed by atoms with Gasteiger partial charge in [-0.15, -0.1) is 0 Å². The smallest absolute Gasteiger partial charge is 0.251 e. The van der Waals surface area contributed by atoms with E-state index in [0.29, 0.717) is 50.5 Å². The van der Waals surface area contributed by atoms with Crippen molar-refractivity contribution in [1.29, 1.82) is 0 Å². The molecule has 1 heterocycles. The molecule has 4 rings (SSSR count). The fourth-order valence-electron chi connectivity index (χ4n) is 5.02. The zero-order chi connectivity index (χ0) is 27.6. The zero-order valence-electron chi connectivity index (χ0n) is 22.9. The number of nitrogens with zero attached hydrogens (tertiary/aromatic N) is 1. The summed E-state index contributed by atoms with van der Waals surface area (Å²) in [4.78, 5) is 27.7. The summed E-state index contributed by atoms with van der Waals surface area (Å²) in [5.41, 5.74) is 4.24. The summed E-state index contributed by atoms with van der Waals surface area (Å²) in [6, 6.07) is 25.1. The van der Waals surface area contributed by atoms with Gasteiger partial charge in [-0.2, -0.15) is 0 Å². The molecule has 1 fully saturated rings. The van der Waals surface area contributed by atoms with Gasteiger partial charge in [-0.25, -0.2) is 0 Å². The van der Waals surface area contributed by atoms with Crippen LogP contribution in [0.5, 0.6) is 0 Å². The molecule has 39 heavy (non-hydrogen) atoms. The Kier molecular flexibility index (Phi) is 10.1. The first-order valence-electron chi connectivity index (χ1n) is 13.9. The fraction of sp³-hybridized carbons (Fsp3) is 0.375. The Morgan fingerprint density at radius 2 is 1.72 bits per heavy atom. The maximum atomic E-state index is 13.5. The number of rotatable bonds is 13. The summed E-state index contributed by atoms with van der Waals surface area (Å²) in [6.07, 6.45) is 1.03. The Balaban J connectivity index is 1.48. The molecule has 7 heteroatoms. The van der Waals surface area contributed by atoms with Crippen LogP contribution in [0.4, 0.5) is 11.4 Å². The number of nitrogens with one attached hydrogen (secondary N) is 3. The topological polar surface area (TPSA) is 93.7 Å². The molecule has 3 aromatic rings. The van der Waals surface area contributed by atoms with Gasteiger partial charge in [0.2, 0.25) is 5.91 Å². The van der Waals surface area contributed by atoms with Crippen LogP contribution in [0.2, 0.25) is 0 Å². The van der Waals surface area contributed by atoms with E-state index in [2.05, 4.69) is 35.0 Å². The molecule has 4 N–H and O–H groups in total. The number of hydrogen-bond acceptors (Lipinski definition) is 5. The standard InChI is InChI=1S/C32H40N4O3/c1-3-34-27-18-26(19-28(20-27)36-16-10-15-31(36)38)32(39)35-29(17-24-11-6-4-7-12-24)30(37)22-33-21-23(2)25-13-8-5-9-14-25/h4-9,11-14,18-20,23,29-30,33-34,37H,3,10,15-17,21-22H2,1-2H3,(H,35,39)/t23?,29-,30-/m0/s1. The van der Waals surface area contributed by atoms with Crippen molar-refractivity contribution in [2.24, 2.45) is 0 Å². The van der Waals surface area contributed by atoms with Crippen LogP contribution < -0.4 is 20.9 Å². The van der Waals surface area contributed by atoms with Crippen LogP contribution in [0.1, 0.15) is 54.1 Å². The summed E-state index contributed by atoms with van der Waals surface area (Å²) in [5.74, 6) is 0.0876. The number of amides is 2. The number of anilines is 2. The number of carbonyl (C=O) groups is 2. The van der Waals surface area contributed by atoms with E-state index < -0.39 is 12.1 Å². The molecule has 206 valence electrons. The molecule has 0 bridgehead atoms. The second-order valence-electron chi connectivity index (χ2n) is 10.3. The quantitative estimate of drug-likeness (QED) is 0.265. The van der Waals surface area contributed by atoms with Crippen LogP contribution in [0.25, 0.3) is 0 Å². The number of hydrogen-bond donors (Lipinski definition) is 4. The van der Waals surface area contributed by atoms with E-state index in [9.17, 15) is 14.7 Å². The molecule has 0 aliphatic carbocycles. The monoisotopic (exact) mass is 528 g/mol. The van der Waals surface area contributed by atoms with E-state index in [1.807, 2.05) is 61.5 Å². The van der Waals surface area contributed by atoms with Gasteiger partial charge in [0.05, 0.1) is 12.1 Å². The molecule has 1 aliphatic heterocycles. The Morgan fingerprint density at radius 3 is 2.38 bits per heavy atom. The van der Waals surface area contributed by atoms with Crippen LogP contribution in [0.3, 0.4) is 0 Å². The van der Waals surface area contributed by atoms with Crippen LogP contribution in [0.15, 0.2) is 78.9 Å². The number of benzene rings is 3. The summed E-state index contributed by atoms with van der Waals surface area (Å²) in [5, 5.41) is 21.0. The highest BCUT2D eigenvalue weighted by atomic mass is 16.3.